The Morgan fingerprint density at radius 2 is 1.76 bits per heavy atom. The number of hydrogen-bond donors (Lipinski definition) is 2. The molecule has 194 valence electrons. The topological polar surface area (TPSA) is 77.1 Å². The van der Waals surface area contributed by atoms with Crippen molar-refractivity contribution in [3.63, 3.8) is 0 Å². The van der Waals surface area contributed by atoms with Gasteiger partial charge in [0.25, 0.3) is 0 Å². The lowest BCUT2D eigenvalue weighted by molar-refractivity contribution is -0.138. The predicted octanol–water partition coefficient (Wildman–Crippen LogP) is 5.97. The van der Waals surface area contributed by atoms with Gasteiger partial charge in [-0.2, -0.15) is 18.4 Å². The van der Waals surface area contributed by atoms with Crippen molar-refractivity contribution >= 4 is 23.0 Å². The number of aromatic nitrogens is 2. The Kier molecular flexibility index (Phi) is 8.28. The fourth-order valence-electron chi connectivity index (χ4n) is 3.97. The molecule has 6 nitrogen and oxygen atoms in total. The molecule has 0 aliphatic heterocycles. The van der Waals surface area contributed by atoms with Crippen LogP contribution in [-0.2, 0) is 25.7 Å². The van der Waals surface area contributed by atoms with Gasteiger partial charge in [0.1, 0.15) is 5.75 Å². The second-order valence-electron chi connectivity index (χ2n) is 8.63. The summed E-state index contributed by atoms with van der Waals surface area (Å²) in [6, 6.07) is 21.1. The van der Waals surface area contributed by atoms with Crippen LogP contribution in [0.3, 0.4) is 0 Å². The number of aromatic hydroxyl groups is 1. The number of rotatable bonds is 8. The van der Waals surface area contributed by atoms with E-state index in [1.165, 1.54) is 24.3 Å². The molecule has 0 aliphatic rings. The van der Waals surface area contributed by atoms with Crippen molar-refractivity contribution in [2.75, 3.05) is 11.9 Å². The molecule has 0 aliphatic carbocycles. The van der Waals surface area contributed by atoms with Crippen molar-refractivity contribution in [3.05, 3.63) is 113 Å². The number of halogens is 3. The summed E-state index contributed by atoms with van der Waals surface area (Å²) >= 11 is 5.60. The summed E-state index contributed by atoms with van der Waals surface area (Å²) in [6.45, 7) is 0.812. The first-order valence-electron chi connectivity index (χ1n) is 11.7. The fraction of sp³-hybridized carbons (Fsp3) is 0.179. The van der Waals surface area contributed by atoms with Crippen molar-refractivity contribution in [1.82, 2.24) is 14.5 Å². The first-order valence-corrected chi connectivity index (χ1v) is 12.1. The van der Waals surface area contributed by atoms with Crippen molar-refractivity contribution in [1.29, 1.82) is 5.26 Å². The van der Waals surface area contributed by atoms with Crippen LogP contribution in [0.2, 0.25) is 0 Å². The summed E-state index contributed by atoms with van der Waals surface area (Å²) in [6.07, 6.45) is -0.596. The summed E-state index contributed by atoms with van der Waals surface area (Å²) in [5.41, 5.74) is 2.46. The third-order valence-electron chi connectivity index (χ3n) is 5.96. The van der Waals surface area contributed by atoms with Gasteiger partial charge in [0.2, 0.25) is 0 Å². The average molecular weight is 536 g/mol. The quantitative estimate of drug-likeness (QED) is 0.214. The second-order valence-corrected chi connectivity index (χ2v) is 9.01. The highest BCUT2D eigenvalue weighted by Crippen LogP contribution is 2.32. The maximum Gasteiger partial charge on any atom is 0.416 e. The normalized spacial score (nSPS) is 11.1. The molecule has 0 radical (unpaired) electrons. The van der Waals surface area contributed by atoms with Crippen LogP contribution in [0, 0.1) is 11.3 Å². The first-order chi connectivity index (χ1) is 18.2. The Morgan fingerprint density at radius 3 is 2.45 bits per heavy atom. The maximum absolute atomic E-state index is 13.7. The highest BCUT2D eigenvalue weighted by Gasteiger charge is 2.33. The number of benzene rings is 3. The zero-order chi connectivity index (χ0) is 27.1. The zero-order valence-electron chi connectivity index (χ0n) is 20.2. The van der Waals surface area contributed by atoms with Gasteiger partial charge in [0, 0.05) is 43.6 Å². The Bertz CT molecular complexity index is 1430. The van der Waals surface area contributed by atoms with E-state index in [2.05, 4.69) is 16.4 Å². The number of imidazole rings is 1. The molecular formula is C28H24F3N5OS. The predicted molar refractivity (Wildman–Crippen MR) is 142 cm³/mol. The Balaban J connectivity index is 1.54. The highest BCUT2D eigenvalue weighted by molar-refractivity contribution is 7.80. The Morgan fingerprint density at radius 1 is 1.05 bits per heavy atom. The smallest absolute Gasteiger partial charge is 0.416 e. The molecule has 4 rings (SSSR count). The standard InChI is InChI=1S/C28H24F3N5OS/c29-28(30,31)26-4-2-1-3-22(26)18-35(27(38)34-23-9-11-25(37)12-10-23)14-13-24-16-33-19-36(24)17-21-7-5-20(15-32)6-8-21/h1-12,16,19,37H,13-14,17-18H2,(H,34,38). The highest BCUT2D eigenvalue weighted by atomic mass is 32.1. The molecule has 4 aromatic rings. The Hall–Kier alpha value is -4.36. The molecule has 1 aromatic heterocycles. The molecule has 0 saturated heterocycles. The van der Waals surface area contributed by atoms with Gasteiger partial charge in [0.15, 0.2) is 5.11 Å². The largest absolute Gasteiger partial charge is 0.508 e. The molecule has 10 heteroatoms. The molecule has 1 heterocycles. The van der Waals surface area contributed by atoms with Crippen molar-refractivity contribution in [2.45, 2.75) is 25.7 Å². The van der Waals surface area contributed by atoms with Crippen LogP contribution < -0.4 is 5.32 Å². The summed E-state index contributed by atoms with van der Waals surface area (Å²) in [5.74, 6) is 0.0907. The number of nitrogens with zero attached hydrogens (tertiary/aromatic N) is 4. The van der Waals surface area contributed by atoms with Gasteiger partial charge in [-0.05, 0) is 65.8 Å². The number of nitrogens with one attached hydrogen (secondary N) is 1. The van der Waals surface area contributed by atoms with E-state index in [0.717, 1.165) is 17.3 Å². The van der Waals surface area contributed by atoms with E-state index >= 15 is 0 Å². The number of anilines is 1. The molecule has 0 bridgehead atoms. The van der Waals surface area contributed by atoms with Gasteiger partial charge in [-0.3, -0.25) is 0 Å². The molecule has 0 unspecified atom stereocenters. The van der Waals surface area contributed by atoms with Crippen molar-refractivity contribution in [2.24, 2.45) is 0 Å². The van der Waals surface area contributed by atoms with Crippen molar-refractivity contribution < 1.29 is 18.3 Å². The lowest BCUT2D eigenvalue weighted by Gasteiger charge is -2.27. The number of phenols is 1. The molecule has 0 spiro atoms. The third-order valence-corrected chi connectivity index (χ3v) is 6.32. The van der Waals surface area contributed by atoms with E-state index < -0.39 is 11.7 Å². The minimum atomic E-state index is -4.49. The van der Waals surface area contributed by atoms with Crippen LogP contribution in [0.15, 0.2) is 85.3 Å². The van der Waals surface area contributed by atoms with Gasteiger partial charge < -0.3 is 19.9 Å². The van der Waals surface area contributed by atoms with Crippen LogP contribution in [0.25, 0.3) is 0 Å². The van der Waals surface area contributed by atoms with E-state index in [-0.39, 0.29) is 23.0 Å². The monoisotopic (exact) mass is 535 g/mol. The van der Waals surface area contributed by atoms with Gasteiger partial charge in [0.05, 0.1) is 23.5 Å². The number of thiocarbonyl (C=S) groups is 1. The fourth-order valence-corrected chi connectivity index (χ4v) is 4.24. The van der Waals surface area contributed by atoms with Crippen LogP contribution in [0.4, 0.5) is 18.9 Å². The summed E-state index contributed by atoms with van der Waals surface area (Å²) < 4.78 is 43.0. The van der Waals surface area contributed by atoms with E-state index in [9.17, 15) is 18.3 Å². The van der Waals surface area contributed by atoms with E-state index in [1.807, 2.05) is 16.7 Å². The second kappa shape index (κ2) is 11.8. The van der Waals surface area contributed by atoms with Gasteiger partial charge in [-0.1, -0.05) is 30.3 Å². The summed E-state index contributed by atoms with van der Waals surface area (Å²) in [7, 11) is 0. The van der Waals surface area contributed by atoms with E-state index in [1.54, 1.807) is 47.8 Å². The van der Waals surface area contributed by atoms with Crippen molar-refractivity contribution in [3.8, 4) is 11.8 Å². The molecule has 38 heavy (non-hydrogen) atoms. The summed E-state index contributed by atoms with van der Waals surface area (Å²) in [4.78, 5) is 5.94. The average Bonchev–Trinajstić information content (AvgIpc) is 3.34. The lowest BCUT2D eigenvalue weighted by atomic mass is 10.1. The molecule has 0 atom stereocenters. The Labute approximate surface area is 223 Å². The maximum atomic E-state index is 13.7. The first kappa shape index (κ1) is 26.7. The van der Waals surface area contributed by atoms with Crippen LogP contribution in [0.1, 0.15) is 27.9 Å². The summed E-state index contributed by atoms with van der Waals surface area (Å²) in [5, 5.41) is 21.9. The van der Waals surface area contributed by atoms with Crippen LogP contribution in [-0.4, -0.2) is 31.2 Å². The molecule has 2 N–H and O–H groups in total. The minimum absolute atomic E-state index is 0.0522. The number of hydrogen-bond acceptors (Lipinski definition) is 4. The number of alkyl halides is 3. The molecule has 0 fully saturated rings. The SMILES string of the molecule is N#Cc1ccc(Cn2cncc2CCN(Cc2ccccc2C(F)(F)F)C(=S)Nc2ccc(O)cc2)cc1. The molecule has 0 amide bonds. The minimum Gasteiger partial charge on any atom is -0.508 e. The van der Waals surface area contributed by atoms with Crippen LogP contribution in [0.5, 0.6) is 5.75 Å². The third kappa shape index (κ3) is 6.89. The van der Waals surface area contributed by atoms with Gasteiger partial charge in [-0.25, -0.2) is 4.98 Å². The molecule has 0 saturated carbocycles. The number of nitriles is 1. The van der Waals surface area contributed by atoms with Gasteiger partial charge in [-0.15, -0.1) is 0 Å². The zero-order valence-corrected chi connectivity index (χ0v) is 21.0. The van der Waals surface area contributed by atoms with Gasteiger partial charge >= 0.3 is 6.18 Å². The molecular weight excluding hydrogens is 511 g/mol. The van der Waals surface area contributed by atoms with E-state index in [4.69, 9.17) is 17.5 Å². The van der Waals surface area contributed by atoms with E-state index in [0.29, 0.717) is 30.8 Å². The number of phenolic OH excluding ortho intramolecular Hbond substituents is 1. The lowest BCUT2D eigenvalue weighted by Crippen LogP contribution is -2.36. The van der Waals surface area contributed by atoms with Crippen LogP contribution >= 0.6 is 12.2 Å². The molecule has 3 aromatic carbocycles.